The zero-order valence-corrected chi connectivity index (χ0v) is 13.9. The minimum absolute atomic E-state index is 0.0655. The van der Waals surface area contributed by atoms with Gasteiger partial charge in [-0.2, -0.15) is 0 Å². The van der Waals surface area contributed by atoms with Gasteiger partial charge >= 0.3 is 0 Å². The molecule has 2 amide bonds. The van der Waals surface area contributed by atoms with Crippen LogP contribution in [0.25, 0.3) is 0 Å². The summed E-state index contributed by atoms with van der Waals surface area (Å²) in [5.74, 6) is -0.835. The van der Waals surface area contributed by atoms with E-state index in [-0.39, 0.29) is 11.6 Å². The predicted molar refractivity (Wildman–Crippen MR) is 93.1 cm³/mol. The van der Waals surface area contributed by atoms with Crippen molar-refractivity contribution in [3.63, 3.8) is 0 Å². The Kier molecular flexibility index (Phi) is 4.92. The van der Waals surface area contributed by atoms with Crippen LogP contribution < -0.4 is 10.2 Å². The molecule has 6 nitrogen and oxygen atoms in total. The summed E-state index contributed by atoms with van der Waals surface area (Å²) in [5.41, 5.74) is 1.30. The highest BCUT2D eigenvalue weighted by Gasteiger charge is 2.20. The molecule has 0 unspecified atom stereocenters. The molecule has 1 aliphatic heterocycles. The number of benzene rings is 1. The fourth-order valence-corrected chi connectivity index (χ4v) is 2.76. The van der Waals surface area contributed by atoms with Crippen molar-refractivity contribution in [3.8, 4) is 0 Å². The smallest absolute Gasteiger partial charge is 0.257 e. The van der Waals surface area contributed by atoms with Crippen LogP contribution in [0.1, 0.15) is 17.3 Å². The van der Waals surface area contributed by atoms with Crippen LogP contribution in [-0.2, 0) is 4.79 Å². The van der Waals surface area contributed by atoms with Gasteiger partial charge < -0.3 is 15.1 Å². The first-order valence-corrected chi connectivity index (χ1v) is 8.06. The summed E-state index contributed by atoms with van der Waals surface area (Å²) in [7, 11) is 0. The van der Waals surface area contributed by atoms with E-state index in [2.05, 4.69) is 15.2 Å². The van der Waals surface area contributed by atoms with Crippen molar-refractivity contribution in [3.05, 3.63) is 54.1 Å². The Morgan fingerprint density at radius 2 is 1.84 bits per heavy atom. The highest BCUT2D eigenvalue weighted by Crippen LogP contribution is 2.19. The number of pyridine rings is 1. The largest absolute Gasteiger partial charge is 0.367 e. The second-order valence-corrected chi connectivity index (χ2v) is 5.86. The van der Waals surface area contributed by atoms with Crippen LogP contribution in [0.5, 0.6) is 0 Å². The number of carbonyl (C=O) groups excluding carboxylic acids is 2. The maximum atomic E-state index is 13.7. The van der Waals surface area contributed by atoms with Gasteiger partial charge in [-0.05, 0) is 18.2 Å². The number of amides is 2. The van der Waals surface area contributed by atoms with Gasteiger partial charge in [-0.25, -0.2) is 4.39 Å². The van der Waals surface area contributed by atoms with Crippen molar-refractivity contribution in [1.29, 1.82) is 0 Å². The van der Waals surface area contributed by atoms with Gasteiger partial charge in [-0.15, -0.1) is 0 Å². The van der Waals surface area contributed by atoms with Gasteiger partial charge in [0.25, 0.3) is 5.91 Å². The summed E-state index contributed by atoms with van der Waals surface area (Å²) in [5, 5.41) is 2.55. The first-order chi connectivity index (χ1) is 12.0. The van der Waals surface area contributed by atoms with Gasteiger partial charge in [0.05, 0.1) is 23.1 Å². The van der Waals surface area contributed by atoms with Gasteiger partial charge in [-0.3, -0.25) is 14.6 Å². The molecule has 2 heterocycles. The average Bonchev–Trinajstić information content (AvgIpc) is 2.64. The molecule has 1 saturated heterocycles. The monoisotopic (exact) mass is 342 g/mol. The van der Waals surface area contributed by atoms with E-state index in [4.69, 9.17) is 0 Å². The summed E-state index contributed by atoms with van der Waals surface area (Å²) >= 11 is 0. The molecule has 1 aromatic heterocycles. The molecule has 3 rings (SSSR count). The summed E-state index contributed by atoms with van der Waals surface area (Å²) in [6, 6.07) is 7.74. The molecular weight excluding hydrogens is 323 g/mol. The number of halogens is 1. The van der Waals surface area contributed by atoms with E-state index < -0.39 is 11.7 Å². The van der Waals surface area contributed by atoms with Gasteiger partial charge in [0.1, 0.15) is 5.82 Å². The molecule has 130 valence electrons. The fraction of sp³-hybridized carbons (Fsp3) is 0.278. The van der Waals surface area contributed by atoms with E-state index >= 15 is 0 Å². The number of aromatic nitrogens is 1. The summed E-state index contributed by atoms with van der Waals surface area (Å²) in [4.78, 5) is 31.7. The van der Waals surface area contributed by atoms with Crippen LogP contribution in [0.2, 0.25) is 0 Å². The highest BCUT2D eigenvalue weighted by atomic mass is 19.1. The molecule has 0 atom stereocenters. The molecule has 2 aromatic rings. The van der Waals surface area contributed by atoms with Gasteiger partial charge in [0, 0.05) is 39.3 Å². The van der Waals surface area contributed by atoms with Gasteiger partial charge in [-0.1, -0.05) is 12.1 Å². The summed E-state index contributed by atoms with van der Waals surface area (Å²) < 4.78 is 13.7. The summed E-state index contributed by atoms with van der Waals surface area (Å²) in [6.45, 7) is 4.20. The lowest BCUT2D eigenvalue weighted by Crippen LogP contribution is -2.48. The number of hydrogen-bond donors (Lipinski definition) is 1. The molecule has 1 N–H and O–H groups in total. The van der Waals surface area contributed by atoms with Crippen molar-refractivity contribution >= 4 is 23.2 Å². The lowest BCUT2D eigenvalue weighted by atomic mass is 10.2. The van der Waals surface area contributed by atoms with Gasteiger partial charge in [0.15, 0.2) is 0 Å². The molecule has 0 radical (unpaired) electrons. The second-order valence-electron chi connectivity index (χ2n) is 5.86. The SMILES string of the molecule is CC(=O)N1CCN(c2cncc(C(=O)Nc3ccccc3F)c2)CC1. The van der Waals surface area contributed by atoms with E-state index in [0.29, 0.717) is 31.7 Å². The summed E-state index contributed by atoms with van der Waals surface area (Å²) in [6.07, 6.45) is 3.13. The van der Waals surface area contributed by atoms with Crippen LogP contribution >= 0.6 is 0 Å². The Hall–Kier alpha value is -2.96. The molecule has 0 bridgehead atoms. The van der Waals surface area contributed by atoms with Crippen LogP contribution in [0.4, 0.5) is 15.8 Å². The minimum Gasteiger partial charge on any atom is -0.367 e. The van der Waals surface area contributed by atoms with E-state index in [1.54, 1.807) is 36.2 Å². The Morgan fingerprint density at radius 1 is 1.12 bits per heavy atom. The van der Waals surface area contributed by atoms with Crippen molar-refractivity contribution in [2.45, 2.75) is 6.92 Å². The van der Waals surface area contributed by atoms with Crippen LogP contribution in [0.3, 0.4) is 0 Å². The van der Waals surface area contributed by atoms with E-state index in [9.17, 15) is 14.0 Å². The predicted octanol–water partition coefficient (Wildman–Crippen LogP) is 2.14. The molecular formula is C18H19FN4O2. The van der Waals surface area contributed by atoms with Crippen molar-refractivity contribution in [2.24, 2.45) is 0 Å². The number of carbonyl (C=O) groups is 2. The normalized spacial score (nSPS) is 14.3. The number of nitrogens with one attached hydrogen (secondary N) is 1. The number of anilines is 2. The molecule has 0 saturated carbocycles. The maximum absolute atomic E-state index is 13.7. The molecule has 25 heavy (non-hydrogen) atoms. The Bertz CT molecular complexity index is 788. The van der Waals surface area contributed by atoms with Crippen LogP contribution in [-0.4, -0.2) is 47.9 Å². The number of para-hydroxylation sites is 1. The number of hydrogen-bond acceptors (Lipinski definition) is 4. The van der Waals surface area contributed by atoms with E-state index in [0.717, 1.165) is 5.69 Å². The van der Waals surface area contributed by atoms with Crippen LogP contribution in [0.15, 0.2) is 42.7 Å². The van der Waals surface area contributed by atoms with E-state index in [1.807, 2.05) is 0 Å². The quantitative estimate of drug-likeness (QED) is 0.928. The first-order valence-electron chi connectivity index (χ1n) is 8.06. The average molecular weight is 342 g/mol. The highest BCUT2D eigenvalue weighted by molar-refractivity contribution is 6.04. The zero-order chi connectivity index (χ0) is 17.8. The van der Waals surface area contributed by atoms with Crippen LogP contribution in [0, 0.1) is 5.82 Å². The Labute approximate surface area is 145 Å². The molecule has 0 spiro atoms. The lowest BCUT2D eigenvalue weighted by Gasteiger charge is -2.35. The standard InChI is InChI=1S/C18H19FN4O2/c1-13(24)22-6-8-23(9-7-22)15-10-14(11-20-12-15)18(25)21-17-5-3-2-4-16(17)19/h2-5,10-12H,6-9H2,1H3,(H,21,25). The number of piperazine rings is 1. The Balaban J connectivity index is 1.70. The number of nitrogens with zero attached hydrogens (tertiary/aromatic N) is 3. The molecule has 1 aromatic carbocycles. The third-order valence-electron chi connectivity index (χ3n) is 4.20. The van der Waals surface area contributed by atoms with Crippen molar-refractivity contribution in [2.75, 3.05) is 36.4 Å². The van der Waals surface area contributed by atoms with Crippen molar-refractivity contribution < 1.29 is 14.0 Å². The molecule has 0 aliphatic carbocycles. The third kappa shape index (κ3) is 3.93. The topological polar surface area (TPSA) is 65.5 Å². The van der Waals surface area contributed by atoms with Gasteiger partial charge in [0.2, 0.25) is 5.91 Å². The maximum Gasteiger partial charge on any atom is 0.257 e. The third-order valence-corrected chi connectivity index (χ3v) is 4.20. The van der Waals surface area contributed by atoms with Crippen molar-refractivity contribution in [1.82, 2.24) is 9.88 Å². The Morgan fingerprint density at radius 3 is 2.52 bits per heavy atom. The molecule has 7 heteroatoms. The first kappa shape index (κ1) is 16.9. The molecule has 1 aliphatic rings. The fourth-order valence-electron chi connectivity index (χ4n) is 2.76. The number of rotatable bonds is 3. The lowest BCUT2D eigenvalue weighted by molar-refractivity contribution is -0.129. The molecule has 1 fully saturated rings. The zero-order valence-electron chi connectivity index (χ0n) is 13.9. The van der Waals surface area contributed by atoms with E-state index in [1.165, 1.54) is 18.3 Å². The minimum atomic E-state index is -0.486. The second kappa shape index (κ2) is 7.29.